The maximum atomic E-state index is 12.2. The second-order valence-corrected chi connectivity index (χ2v) is 8.43. The quantitative estimate of drug-likeness (QED) is 0.749. The summed E-state index contributed by atoms with van der Waals surface area (Å²) in [4.78, 5) is 0. The summed E-state index contributed by atoms with van der Waals surface area (Å²) < 4.78 is 27.9. The van der Waals surface area contributed by atoms with Crippen LogP contribution < -0.4 is 4.72 Å². The van der Waals surface area contributed by atoms with Crippen molar-refractivity contribution >= 4 is 49.9 Å². The molecule has 1 saturated carbocycles. The average Bonchev–Trinajstić information content (AvgIpc) is 2.34. The van der Waals surface area contributed by atoms with Gasteiger partial charge < -0.3 is 0 Å². The molecule has 2 rings (SSSR count). The summed E-state index contributed by atoms with van der Waals surface area (Å²) in [5, 5.41) is 0.438. The molecule has 0 radical (unpaired) electrons. The van der Waals surface area contributed by atoms with E-state index in [2.05, 4.69) is 27.3 Å². The van der Waals surface area contributed by atoms with Gasteiger partial charge in [0.25, 0.3) is 0 Å². The Bertz CT molecular complexity index is 542. The molecule has 0 unspecified atom stereocenters. The Morgan fingerprint density at radius 3 is 2.63 bits per heavy atom. The minimum atomic E-state index is -3.31. The van der Waals surface area contributed by atoms with Crippen LogP contribution in [0.1, 0.15) is 32.1 Å². The van der Waals surface area contributed by atoms with Crippen molar-refractivity contribution in [2.45, 2.75) is 32.1 Å². The summed E-state index contributed by atoms with van der Waals surface area (Å²) >= 11 is 8.15. The lowest BCUT2D eigenvalue weighted by Gasteiger charge is -2.21. The standard InChI is InChI=1S/C13H17ClINO2S/c14-12-7-6-11(15)8-13(12)16-19(17,18)9-10-4-2-1-3-5-10/h6-8,10,16H,1-5,9H2. The normalized spacial score (nSPS) is 17.4. The number of hydrogen-bond acceptors (Lipinski definition) is 2. The highest BCUT2D eigenvalue weighted by molar-refractivity contribution is 14.1. The zero-order chi connectivity index (χ0) is 13.9. The monoisotopic (exact) mass is 413 g/mol. The van der Waals surface area contributed by atoms with Crippen molar-refractivity contribution in [1.29, 1.82) is 0 Å². The molecule has 1 N–H and O–H groups in total. The first-order valence-electron chi connectivity index (χ1n) is 6.42. The van der Waals surface area contributed by atoms with E-state index < -0.39 is 10.0 Å². The van der Waals surface area contributed by atoms with Gasteiger partial charge in [0.2, 0.25) is 10.0 Å². The molecule has 0 atom stereocenters. The molecule has 19 heavy (non-hydrogen) atoms. The van der Waals surface area contributed by atoms with Crippen molar-refractivity contribution in [3.05, 3.63) is 26.8 Å². The van der Waals surface area contributed by atoms with Gasteiger partial charge in [-0.25, -0.2) is 8.42 Å². The lowest BCUT2D eigenvalue weighted by Crippen LogP contribution is -2.24. The molecule has 1 aromatic carbocycles. The van der Waals surface area contributed by atoms with Crippen LogP contribution in [0.5, 0.6) is 0 Å². The van der Waals surface area contributed by atoms with Gasteiger partial charge >= 0.3 is 0 Å². The fourth-order valence-corrected chi connectivity index (χ4v) is 4.70. The van der Waals surface area contributed by atoms with Crippen LogP contribution in [0.3, 0.4) is 0 Å². The molecular weight excluding hydrogens is 397 g/mol. The highest BCUT2D eigenvalue weighted by Crippen LogP contribution is 2.28. The van der Waals surface area contributed by atoms with Gasteiger partial charge in [0.15, 0.2) is 0 Å². The number of benzene rings is 1. The van der Waals surface area contributed by atoms with Gasteiger partial charge in [-0.2, -0.15) is 0 Å². The van der Waals surface area contributed by atoms with E-state index in [4.69, 9.17) is 11.6 Å². The number of hydrogen-bond donors (Lipinski definition) is 1. The molecule has 0 aliphatic heterocycles. The maximum Gasteiger partial charge on any atom is 0.233 e. The molecule has 1 aromatic rings. The van der Waals surface area contributed by atoms with Gasteiger partial charge in [0.1, 0.15) is 0 Å². The van der Waals surface area contributed by atoms with Gasteiger partial charge in [0, 0.05) is 3.57 Å². The topological polar surface area (TPSA) is 46.2 Å². The highest BCUT2D eigenvalue weighted by atomic mass is 127. The molecule has 1 aliphatic carbocycles. The predicted octanol–water partition coefficient (Wildman–Crippen LogP) is 4.27. The Kier molecular flexibility index (Phi) is 5.37. The van der Waals surface area contributed by atoms with Crippen LogP contribution >= 0.6 is 34.2 Å². The van der Waals surface area contributed by atoms with Crippen LogP contribution in [0, 0.1) is 9.49 Å². The number of nitrogens with one attached hydrogen (secondary N) is 1. The second-order valence-electron chi connectivity index (χ2n) is 5.01. The molecule has 0 amide bonds. The van der Waals surface area contributed by atoms with E-state index in [-0.39, 0.29) is 11.7 Å². The summed E-state index contributed by atoms with van der Waals surface area (Å²) in [5.74, 6) is 0.488. The summed E-state index contributed by atoms with van der Waals surface area (Å²) in [7, 11) is -3.31. The second kappa shape index (κ2) is 6.63. The Morgan fingerprint density at radius 1 is 1.26 bits per heavy atom. The highest BCUT2D eigenvalue weighted by Gasteiger charge is 2.21. The minimum Gasteiger partial charge on any atom is -0.282 e. The van der Waals surface area contributed by atoms with Crippen molar-refractivity contribution in [2.75, 3.05) is 10.5 Å². The Hall–Kier alpha value is -0.0100. The first kappa shape index (κ1) is 15.4. The molecule has 1 fully saturated rings. The van der Waals surface area contributed by atoms with Crippen LogP contribution in [-0.4, -0.2) is 14.2 Å². The van der Waals surface area contributed by atoms with Gasteiger partial charge in [-0.1, -0.05) is 30.9 Å². The third-order valence-electron chi connectivity index (χ3n) is 3.37. The van der Waals surface area contributed by atoms with E-state index >= 15 is 0 Å². The van der Waals surface area contributed by atoms with E-state index in [1.807, 2.05) is 6.07 Å². The molecule has 1 aliphatic rings. The van der Waals surface area contributed by atoms with Crippen LogP contribution in [-0.2, 0) is 10.0 Å². The molecule has 0 heterocycles. The SMILES string of the molecule is O=S(=O)(CC1CCCCC1)Nc1cc(I)ccc1Cl. The fraction of sp³-hybridized carbons (Fsp3) is 0.538. The van der Waals surface area contributed by atoms with Crippen LogP contribution in [0.25, 0.3) is 0 Å². The van der Waals surface area contributed by atoms with E-state index in [1.54, 1.807) is 12.1 Å². The third kappa shape index (κ3) is 4.79. The summed E-state index contributed by atoms with van der Waals surface area (Å²) in [6.45, 7) is 0. The third-order valence-corrected chi connectivity index (χ3v) is 5.82. The molecule has 106 valence electrons. The molecule has 0 saturated heterocycles. The van der Waals surface area contributed by atoms with Crippen LogP contribution in [0.4, 0.5) is 5.69 Å². The average molecular weight is 414 g/mol. The molecule has 3 nitrogen and oxygen atoms in total. The number of anilines is 1. The number of sulfonamides is 1. The lowest BCUT2D eigenvalue weighted by molar-refractivity contribution is 0.385. The van der Waals surface area contributed by atoms with Crippen molar-refractivity contribution in [3.63, 3.8) is 0 Å². The first-order valence-corrected chi connectivity index (χ1v) is 9.53. The number of halogens is 2. The molecule has 0 aromatic heterocycles. The van der Waals surface area contributed by atoms with Crippen molar-refractivity contribution in [2.24, 2.45) is 5.92 Å². The molecule has 6 heteroatoms. The summed E-state index contributed by atoms with van der Waals surface area (Å²) in [5.41, 5.74) is 0.476. The van der Waals surface area contributed by atoms with E-state index in [0.717, 1.165) is 29.3 Å². The Balaban J connectivity index is 2.05. The van der Waals surface area contributed by atoms with Crippen LogP contribution in [0.2, 0.25) is 5.02 Å². The Labute approximate surface area is 133 Å². The van der Waals surface area contributed by atoms with Gasteiger partial charge in [-0.05, 0) is 59.5 Å². The fourth-order valence-electron chi connectivity index (χ4n) is 2.45. The predicted molar refractivity (Wildman–Crippen MR) is 88.2 cm³/mol. The molecule has 0 spiro atoms. The van der Waals surface area contributed by atoms with Crippen LogP contribution in [0.15, 0.2) is 18.2 Å². The van der Waals surface area contributed by atoms with Gasteiger partial charge in [-0.3, -0.25) is 4.72 Å². The summed E-state index contributed by atoms with van der Waals surface area (Å²) in [6, 6.07) is 5.31. The molecule has 0 bridgehead atoms. The van der Waals surface area contributed by atoms with Gasteiger partial charge in [-0.15, -0.1) is 0 Å². The van der Waals surface area contributed by atoms with E-state index in [1.165, 1.54) is 6.42 Å². The largest absolute Gasteiger partial charge is 0.282 e. The zero-order valence-electron chi connectivity index (χ0n) is 10.5. The Morgan fingerprint density at radius 2 is 1.95 bits per heavy atom. The van der Waals surface area contributed by atoms with E-state index in [9.17, 15) is 8.42 Å². The lowest BCUT2D eigenvalue weighted by atomic mass is 9.91. The number of rotatable bonds is 4. The van der Waals surface area contributed by atoms with Crippen molar-refractivity contribution in [1.82, 2.24) is 0 Å². The summed E-state index contributed by atoms with van der Waals surface area (Å²) in [6.07, 6.45) is 5.54. The zero-order valence-corrected chi connectivity index (χ0v) is 14.3. The van der Waals surface area contributed by atoms with Crippen molar-refractivity contribution < 1.29 is 8.42 Å². The first-order chi connectivity index (χ1) is 8.96. The van der Waals surface area contributed by atoms with Gasteiger partial charge in [0.05, 0.1) is 16.5 Å². The molecular formula is C13H17ClINO2S. The minimum absolute atomic E-state index is 0.203. The van der Waals surface area contributed by atoms with Crippen molar-refractivity contribution in [3.8, 4) is 0 Å². The smallest absolute Gasteiger partial charge is 0.233 e. The van der Waals surface area contributed by atoms with E-state index in [0.29, 0.717) is 10.7 Å². The maximum absolute atomic E-state index is 12.2.